The number of sulfone groups is 1. The maximum absolute atomic E-state index is 11.9. The molecule has 0 bridgehead atoms. The van der Waals surface area contributed by atoms with E-state index in [0.29, 0.717) is 10.3 Å². The van der Waals surface area contributed by atoms with Gasteiger partial charge < -0.3 is 10.2 Å². The number of benzene rings is 1. The molecule has 5 heteroatoms. The Morgan fingerprint density at radius 3 is 2.74 bits per heavy atom. The first-order chi connectivity index (χ1) is 9.00. The smallest absolute Gasteiger partial charge is 0.177 e. The quantitative estimate of drug-likeness (QED) is 0.886. The van der Waals surface area contributed by atoms with Crippen LogP contribution in [0, 0.1) is 5.41 Å². The molecule has 1 atom stereocenters. The van der Waals surface area contributed by atoms with E-state index in [0.717, 1.165) is 38.3 Å². The molecule has 0 aromatic heterocycles. The second-order valence-electron chi connectivity index (χ2n) is 5.84. The van der Waals surface area contributed by atoms with E-state index in [2.05, 4.69) is 10.2 Å². The lowest BCUT2D eigenvalue weighted by Crippen LogP contribution is -2.29. The zero-order valence-electron chi connectivity index (χ0n) is 11.2. The molecular weight excluding hydrogens is 260 g/mol. The first-order valence-electron chi connectivity index (χ1n) is 6.75. The Morgan fingerprint density at radius 2 is 2.05 bits per heavy atom. The highest BCUT2D eigenvalue weighted by molar-refractivity contribution is 7.90. The lowest BCUT2D eigenvalue weighted by molar-refractivity contribution is 0.369. The highest BCUT2D eigenvalue weighted by atomic mass is 32.2. The minimum Gasteiger partial charge on any atom is -0.370 e. The molecule has 3 rings (SSSR count). The second kappa shape index (κ2) is 4.49. The Bertz CT molecular complexity index is 577. The normalized spacial score (nSPS) is 27.3. The van der Waals surface area contributed by atoms with Crippen LogP contribution in [0.5, 0.6) is 0 Å². The van der Waals surface area contributed by atoms with E-state index in [4.69, 9.17) is 0 Å². The summed E-state index contributed by atoms with van der Waals surface area (Å²) >= 11 is 0. The van der Waals surface area contributed by atoms with Crippen LogP contribution in [-0.4, -0.2) is 40.9 Å². The van der Waals surface area contributed by atoms with Crippen molar-refractivity contribution in [3.05, 3.63) is 24.3 Å². The molecule has 2 saturated heterocycles. The average Bonchev–Trinajstić information content (AvgIpc) is 2.99. The summed E-state index contributed by atoms with van der Waals surface area (Å²) in [4.78, 5) is 2.70. The summed E-state index contributed by atoms with van der Waals surface area (Å²) in [5.74, 6) is 0. The van der Waals surface area contributed by atoms with E-state index in [9.17, 15) is 8.42 Å². The molecule has 2 heterocycles. The molecule has 0 saturated carbocycles. The monoisotopic (exact) mass is 280 g/mol. The van der Waals surface area contributed by atoms with Crippen LogP contribution in [0.2, 0.25) is 0 Å². The van der Waals surface area contributed by atoms with Crippen LogP contribution < -0.4 is 10.2 Å². The van der Waals surface area contributed by atoms with Gasteiger partial charge in [0.25, 0.3) is 0 Å². The molecule has 2 fully saturated rings. The molecule has 1 unspecified atom stereocenters. The molecule has 0 aliphatic carbocycles. The average molecular weight is 280 g/mol. The lowest BCUT2D eigenvalue weighted by atomic mass is 9.86. The number of nitrogens with zero attached hydrogens (tertiary/aromatic N) is 1. The van der Waals surface area contributed by atoms with Gasteiger partial charge in [0.2, 0.25) is 0 Å². The highest BCUT2D eigenvalue weighted by Crippen LogP contribution is 2.39. The molecule has 1 aromatic carbocycles. The Morgan fingerprint density at radius 1 is 1.26 bits per heavy atom. The van der Waals surface area contributed by atoms with Crippen LogP contribution >= 0.6 is 0 Å². The summed E-state index contributed by atoms with van der Waals surface area (Å²) in [7, 11) is -3.16. The van der Waals surface area contributed by atoms with Crippen LogP contribution in [0.3, 0.4) is 0 Å². The number of para-hydroxylation sites is 1. The van der Waals surface area contributed by atoms with E-state index in [1.165, 1.54) is 12.7 Å². The van der Waals surface area contributed by atoms with E-state index in [1.54, 1.807) is 12.1 Å². The summed E-state index contributed by atoms with van der Waals surface area (Å²) in [6, 6.07) is 7.35. The molecule has 2 aliphatic heterocycles. The Balaban J connectivity index is 1.92. The third-order valence-corrected chi connectivity index (χ3v) is 5.52. The van der Waals surface area contributed by atoms with Crippen LogP contribution in [0.15, 0.2) is 29.2 Å². The van der Waals surface area contributed by atoms with Gasteiger partial charge in [0.15, 0.2) is 9.84 Å². The third-order valence-electron chi connectivity index (χ3n) is 4.38. The van der Waals surface area contributed by atoms with E-state index < -0.39 is 9.84 Å². The zero-order valence-corrected chi connectivity index (χ0v) is 12.0. The molecule has 1 N–H and O–H groups in total. The minimum atomic E-state index is -3.16. The first-order valence-corrected chi connectivity index (χ1v) is 8.64. The van der Waals surface area contributed by atoms with Crippen molar-refractivity contribution < 1.29 is 8.42 Å². The molecule has 4 nitrogen and oxygen atoms in total. The van der Waals surface area contributed by atoms with Crippen LogP contribution in [0.1, 0.15) is 12.8 Å². The fourth-order valence-corrected chi connectivity index (χ4v) is 4.22. The van der Waals surface area contributed by atoms with Crippen LogP contribution in [-0.2, 0) is 9.84 Å². The molecule has 0 amide bonds. The number of rotatable bonds is 2. The van der Waals surface area contributed by atoms with Gasteiger partial charge in [-0.2, -0.15) is 0 Å². The van der Waals surface area contributed by atoms with Crippen molar-refractivity contribution >= 4 is 15.5 Å². The first kappa shape index (κ1) is 12.9. The standard InChI is InChI=1S/C14H20N2O2S/c1-19(17,18)13-5-3-2-4-12(13)16-9-7-14(11-16)6-8-15-10-14/h2-5,15H,6-11H2,1H3. The van der Waals surface area contributed by atoms with Gasteiger partial charge in [0.05, 0.1) is 10.6 Å². The van der Waals surface area contributed by atoms with Gasteiger partial charge >= 0.3 is 0 Å². The minimum absolute atomic E-state index is 0.352. The largest absolute Gasteiger partial charge is 0.370 e. The second-order valence-corrected chi connectivity index (χ2v) is 7.82. The van der Waals surface area contributed by atoms with Gasteiger partial charge in [-0.1, -0.05) is 12.1 Å². The molecule has 19 heavy (non-hydrogen) atoms. The predicted octanol–water partition coefficient (Wildman–Crippen LogP) is 1.28. The summed E-state index contributed by atoms with van der Waals surface area (Å²) in [5, 5.41) is 3.43. The number of anilines is 1. The number of nitrogens with one attached hydrogen (secondary N) is 1. The SMILES string of the molecule is CS(=O)(=O)c1ccccc1N1CCC2(CCNC2)C1. The van der Waals surface area contributed by atoms with Crippen molar-refractivity contribution in [1.29, 1.82) is 0 Å². The van der Waals surface area contributed by atoms with Gasteiger partial charge in [0.1, 0.15) is 0 Å². The van der Waals surface area contributed by atoms with Crippen LogP contribution in [0.25, 0.3) is 0 Å². The van der Waals surface area contributed by atoms with Crippen molar-refractivity contribution in [2.75, 3.05) is 37.3 Å². The molecule has 1 aromatic rings. The van der Waals surface area contributed by atoms with Crippen molar-refractivity contribution in [2.45, 2.75) is 17.7 Å². The van der Waals surface area contributed by atoms with E-state index in [1.807, 2.05) is 12.1 Å². The summed E-state index contributed by atoms with van der Waals surface area (Å²) < 4.78 is 23.8. The predicted molar refractivity (Wildman–Crippen MR) is 76.3 cm³/mol. The zero-order chi connectivity index (χ0) is 13.5. The van der Waals surface area contributed by atoms with Gasteiger partial charge in [0, 0.05) is 31.3 Å². The Kier molecular flexibility index (Phi) is 3.06. The molecule has 2 aliphatic rings. The summed E-state index contributed by atoms with van der Waals surface area (Å²) in [5.41, 5.74) is 1.22. The van der Waals surface area contributed by atoms with Gasteiger partial charge in [-0.05, 0) is 31.5 Å². The fraction of sp³-hybridized carbons (Fsp3) is 0.571. The van der Waals surface area contributed by atoms with Gasteiger partial charge in [-0.25, -0.2) is 8.42 Å². The van der Waals surface area contributed by atoms with Crippen molar-refractivity contribution in [1.82, 2.24) is 5.32 Å². The lowest BCUT2D eigenvalue weighted by Gasteiger charge is -2.25. The van der Waals surface area contributed by atoms with E-state index >= 15 is 0 Å². The molecular formula is C14H20N2O2S. The maximum atomic E-state index is 11.9. The molecule has 0 radical (unpaired) electrons. The summed E-state index contributed by atoms with van der Waals surface area (Å²) in [6.45, 7) is 4.06. The van der Waals surface area contributed by atoms with E-state index in [-0.39, 0.29) is 0 Å². The topological polar surface area (TPSA) is 49.4 Å². The van der Waals surface area contributed by atoms with Gasteiger partial charge in [-0.15, -0.1) is 0 Å². The molecule has 104 valence electrons. The van der Waals surface area contributed by atoms with Crippen molar-refractivity contribution in [3.63, 3.8) is 0 Å². The van der Waals surface area contributed by atoms with Crippen molar-refractivity contribution in [3.8, 4) is 0 Å². The molecule has 1 spiro atoms. The van der Waals surface area contributed by atoms with Crippen molar-refractivity contribution in [2.24, 2.45) is 5.41 Å². The Labute approximate surface area is 114 Å². The van der Waals surface area contributed by atoms with Gasteiger partial charge in [-0.3, -0.25) is 0 Å². The highest BCUT2D eigenvalue weighted by Gasteiger charge is 2.41. The Hall–Kier alpha value is -1.07. The fourth-order valence-electron chi connectivity index (χ4n) is 3.32. The number of hydrogen-bond acceptors (Lipinski definition) is 4. The third kappa shape index (κ3) is 2.37. The van der Waals surface area contributed by atoms with Crippen LogP contribution in [0.4, 0.5) is 5.69 Å². The maximum Gasteiger partial charge on any atom is 0.177 e. The number of hydrogen-bond donors (Lipinski definition) is 1. The summed E-state index contributed by atoms with van der Waals surface area (Å²) in [6.07, 6.45) is 3.64.